The molecule has 0 radical (unpaired) electrons. The van der Waals surface area contributed by atoms with E-state index in [0.717, 1.165) is 30.8 Å². The van der Waals surface area contributed by atoms with E-state index in [4.69, 9.17) is 10.5 Å². The van der Waals surface area contributed by atoms with E-state index in [9.17, 15) is 0 Å². The Morgan fingerprint density at radius 1 is 1.50 bits per heavy atom. The van der Waals surface area contributed by atoms with Gasteiger partial charge in [-0.15, -0.1) is 0 Å². The maximum Gasteiger partial charge on any atom is 0.221 e. The number of hydrogen-bond donors (Lipinski definition) is 2. The zero-order chi connectivity index (χ0) is 11.5. The van der Waals surface area contributed by atoms with Crippen LogP contribution in [0.5, 0.6) is 5.88 Å². The fraction of sp³-hybridized carbons (Fsp3) is 0.636. The molecule has 2 rings (SSSR count). The van der Waals surface area contributed by atoms with Crippen molar-refractivity contribution >= 4 is 5.82 Å². The van der Waals surface area contributed by atoms with Crippen molar-refractivity contribution in [3.8, 4) is 5.88 Å². The van der Waals surface area contributed by atoms with E-state index < -0.39 is 0 Å². The van der Waals surface area contributed by atoms with Gasteiger partial charge in [0.2, 0.25) is 5.88 Å². The molecule has 1 fully saturated rings. The third-order valence-corrected chi connectivity index (χ3v) is 3.06. The Morgan fingerprint density at radius 3 is 2.88 bits per heavy atom. The first kappa shape index (κ1) is 11.1. The van der Waals surface area contributed by atoms with Gasteiger partial charge in [-0.3, -0.25) is 0 Å². The SMILES string of the molecule is COc1ncnc(NCC2CC(N)C2)c1C. The van der Waals surface area contributed by atoms with E-state index in [0.29, 0.717) is 17.8 Å². The van der Waals surface area contributed by atoms with Crippen molar-refractivity contribution in [2.24, 2.45) is 11.7 Å². The van der Waals surface area contributed by atoms with E-state index in [2.05, 4.69) is 15.3 Å². The van der Waals surface area contributed by atoms with Crippen molar-refractivity contribution in [1.29, 1.82) is 0 Å². The molecule has 1 aliphatic rings. The maximum atomic E-state index is 5.74. The number of ether oxygens (including phenoxy) is 1. The summed E-state index contributed by atoms with van der Waals surface area (Å²) >= 11 is 0. The van der Waals surface area contributed by atoms with Gasteiger partial charge in [0.05, 0.1) is 12.7 Å². The van der Waals surface area contributed by atoms with Crippen LogP contribution >= 0.6 is 0 Å². The second kappa shape index (κ2) is 4.65. The molecule has 0 bridgehead atoms. The smallest absolute Gasteiger partial charge is 0.221 e. The van der Waals surface area contributed by atoms with Crippen LogP contribution in [-0.4, -0.2) is 29.7 Å². The highest BCUT2D eigenvalue weighted by atomic mass is 16.5. The van der Waals surface area contributed by atoms with Crippen molar-refractivity contribution < 1.29 is 4.74 Å². The minimum Gasteiger partial charge on any atom is -0.481 e. The number of rotatable bonds is 4. The van der Waals surface area contributed by atoms with Gasteiger partial charge >= 0.3 is 0 Å². The van der Waals surface area contributed by atoms with Crippen LogP contribution in [0.25, 0.3) is 0 Å². The molecule has 88 valence electrons. The Labute approximate surface area is 95.4 Å². The van der Waals surface area contributed by atoms with E-state index >= 15 is 0 Å². The van der Waals surface area contributed by atoms with Crippen molar-refractivity contribution in [2.75, 3.05) is 19.0 Å². The van der Waals surface area contributed by atoms with Gasteiger partial charge in [0.1, 0.15) is 12.1 Å². The maximum absolute atomic E-state index is 5.74. The number of nitrogens with two attached hydrogens (primary N) is 1. The highest BCUT2D eigenvalue weighted by Gasteiger charge is 2.25. The van der Waals surface area contributed by atoms with Gasteiger partial charge in [-0.2, -0.15) is 0 Å². The largest absolute Gasteiger partial charge is 0.481 e. The van der Waals surface area contributed by atoms with Gasteiger partial charge < -0.3 is 15.8 Å². The molecule has 5 heteroatoms. The van der Waals surface area contributed by atoms with Gasteiger partial charge in [-0.1, -0.05) is 0 Å². The Bertz CT molecular complexity index is 363. The molecule has 0 unspecified atom stereocenters. The molecule has 1 aliphatic carbocycles. The molecule has 0 amide bonds. The first-order valence-electron chi connectivity index (χ1n) is 5.55. The second-order valence-corrected chi connectivity index (χ2v) is 4.33. The average molecular weight is 222 g/mol. The van der Waals surface area contributed by atoms with Gasteiger partial charge in [0.15, 0.2) is 0 Å². The predicted octanol–water partition coefficient (Wildman–Crippen LogP) is 0.943. The first-order valence-corrected chi connectivity index (χ1v) is 5.55. The predicted molar refractivity (Wildman–Crippen MR) is 62.5 cm³/mol. The van der Waals surface area contributed by atoms with Crippen LogP contribution in [0.3, 0.4) is 0 Å². The van der Waals surface area contributed by atoms with Crippen LogP contribution in [0.4, 0.5) is 5.82 Å². The summed E-state index contributed by atoms with van der Waals surface area (Å²) in [7, 11) is 1.62. The minimum absolute atomic E-state index is 0.396. The highest BCUT2D eigenvalue weighted by molar-refractivity contribution is 5.47. The molecule has 1 saturated carbocycles. The lowest BCUT2D eigenvalue weighted by molar-refractivity contribution is 0.280. The van der Waals surface area contributed by atoms with Gasteiger partial charge in [-0.05, 0) is 25.7 Å². The van der Waals surface area contributed by atoms with E-state index in [1.54, 1.807) is 7.11 Å². The molecule has 1 aromatic heterocycles. The zero-order valence-electron chi connectivity index (χ0n) is 9.73. The standard InChI is InChI=1S/C11H18N4O/c1-7-10(14-6-15-11(7)16-2)13-5-8-3-9(12)4-8/h6,8-9H,3-5,12H2,1-2H3,(H,13,14,15). The quantitative estimate of drug-likeness (QED) is 0.793. The number of nitrogens with zero attached hydrogens (tertiary/aromatic N) is 2. The third-order valence-electron chi connectivity index (χ3n) is 3.06. The summed E-state index contributed by atoms with van der Waals surface area (Å²) in [5, 5.41) is 3.32. The second-order valence-electron chi connectivity index (χ2n) is 4.33. The Kier molecular flexibility index (Phi) is 3.24. The summed E-state index contributed by atoms with van der Waals surface area (Å²) in [5.41, 5.74) is 6.69. The normalized spacial score (nSPS) is 23.7. The topological polar surface area (TPSA) is 73.1 Å². The molecule has 16 heavy (non-hydrogen) atoms. The first-order chi connectivity index (χ1) is 7.70. The van der Waals surface area contributed by atoms with Crippen LogP contribution < -0.4 is 15.8 Å². The molecule has 0 aliphatic heterocycles. The van der Waals surface area contributed by atoms with Crippen LogP contribution in [0.15, 0.2) is 6.33 Å². The molecule has 0 aromatic carbocycles. The molecule has 0 spiro atoms. The van der Waals surface area contributed by atoms with Gasteiger partial charge in [-0.25, -0.2) is 9.97 Å². The van der Waals surface area contributed by atoms with Gasteiger partial charge in [0, 0.05) is 12.6 Å². The van der Waals surface area contributed by atoms with Gasteiger partial charge in [0.25, 0.3) is 0 Å². The van der Waals surface area contributed by atoms with E-state index in [1.807, 2.05) is 6.92 Å². The number of methoxy groups -OCH3 is 1. The van der Waals surface area contributed by atoms with Crippen molar-refractivity contribution in [3.05, 3.63) is 11.9 Å². The van der Waals surface area contributed by atoms with Crippen LogP contribution in [-0.2, 0) is 0 Å². The lowest BCUT2D eigenvalue weighted by Crippen LogP contribution is -2.39. The monoisotopic (exact) mass is 222 g/mol. The summed E-state index contributed by atoms with van der Waals surface area (Å²) < 4.78 is 5.14. The molecular weight excluding hydrogens is 204 g/mol. The van der Waals surface area contributed by atoms with Crippen molar-refractivity contribution in [2.45, 2.75) is 25.8 Å². The highest BCUT2D eigenvalue weighted by Crippen LogP contribution is 2.26. The molecular formula is C11H18N4O. The van der Waals surface area contributed by atoms with Crippen LogP contribution in [0.1, 0.15) is 18.4 Å². The number of nitrogens with one attached hydrogen (secondary N) is 1. The Hall–Kier alpha value is -1.36. The van der Waals surface area contributed by atoms with Crippen LogP contribution in [0, 0.1) is 12.8 Å². The lowest BCUT2D eigenvalue weighted by atomic mass is 9.81. The average Bonchev–Trinajstić information content (AvgIpc) is 2.24. The Morgan fingerprint density at radius 2 is 2.25 bits per heavy atom. The summed E-state index contributed by atoms with van der Waals surface area (Å²) in [4.78, 5) is 8.24. The molecule has 3 N–H and O–H groups in total. The van der Waals surface area contributed by atoms with E-state index in [1.165, 1.54) is 6.33 Å². The zero-order valence-corrected chi connectivity index (χ0v) is 9.73. The minimum atomic E-state index is 0.396. The molecule has 0 atom stereocenters. The van der Waals surface area contributed by atoms with Crippen molar-refractivity contribution in [3.63, 3.8) is 0 Å². The summed E-state index contributed by atoms with van der Waals surface area (Å²) in [6.07, 6.45) is 3.73. The molecule has 0 saturated heterocycles. The number of aromatic nitrogens is 2. The fourth-order valence-electron chi connectivity index (χ4n) is 2.01. The lowest BCUT2D eigenvalue weighted by Gasteiger charge is -2.32. The van der Waals surface area contributed by atoms with Crippen molar-refractivity contribution in [1.82, 2.24) is 9.97 Å². The van der Waals surface area contributed by atoms with E-state index in [-0.39, 0.29) is 0 Å². The third kappa shape index (κ3) is 2.24. The Balaban J connectivity index is 1.93. The number of hydrogen-bond acceptors (Lipinski definition) is 5. The molecule has 1 heterocycles. The molecule has 5 nitrogen and oxygen atoms in total. The summed E-state index contributed by atoms with van der Waals surface area (Å²) in [6, 6.07) is 0.396. The summed E-state index contributed by atoms with van der Waals surface area (Å²) in [5.74, 6) is 2.16. The number of anilines is 1. The fourth-order valence-corrected chi connectivity index (χ4v) is 2.01. The summed E-state index contributed by atoms with van der Waals surface area (Å²) in [6.45, 7) is 2.88. The van der Waals surface area contributed by atoms with Crippen LogP contribution in [0.2, 0.25) is 0 Å². The molecule has 1 aromatic rings.